The van der Waals surface area contributed by atoms with E-state index in [1.165, 1.54) is 18.2 Å². The molecule has 2 heterocycles. The van der Waals surface area contributed by atoms with Crippen molar-refractivity contribution >= 4 is 29.5 Å². The number of nitrogens with one attached hydrogen (secondary N) is 1. The minimum Gasteiger partial charge on any atom is -0.465 e. The number of hydrazine groups is 1. The zero-order chi connectivity index (χ0) is 22.1. The summed E-state index contributed by atoms with van der Waals surface area (Å²) in [5, 5.41) is 1.23. The summed E-state index contributed by atoms with van der Waals surface area (Å²) in [4.78, 5) is 37.0. The van der Waals surface area contributed by atoms with Crippen molar-refractivity contribution in [1.82, 2.24) is 5.43 Å². The maximum atomic E-state index is 12.8. The third-order valence-corrected chi connectivity index (χ3v) is 5.12. The van der Waals surface area contributed by atoms with Crippen LogP contribution in [0.2, 0.25) is 0 Å². The van der Waals surface area contributed by atoms with Gasteiger partial charge in [-0.1, -0.05) is 18.2 Å². The minimum absolute atomic E-state index is 0.0255. The van der Waals surface area contributed by atoms with Gasteiger partial charge in [-0.2, -0.15) is 0 Å². The van der Waals surface area contributed by atoms with Crippen LogP contribution in [0.1, 0.15) is 27.2 Å². The van der Waals surface area contributed by atoms with E-state index in [1.54, 1.807) is 42.5 Å². The number of rotatable bonds is 4. The Hall–Kier alpha value is -4.13. The molecule has 0 atom stereocenters. The molecule has 0 aliphatic carbocycles. The second kappa shape index (κ2) is 7.95. The molecule has 31 heavy (non-hydrogen) atoms. The van der Waals surface area contributed by atoms with Crippen molar-refractivity contribution in [3.05, 3.63) is 82.6 Å². The summed E-state index contributed by atoms with van der Waals surface area (Å²) in [5.41, 5.74) is 6.32. The topological polar surface area (TPSA) is 88.9 Å². The predicted octanol–water partition coefficient (Wildman–Crippen LogP) is 3.81. The van der Waals surface area contributed by atoms with E-state index in [1.807, 2.05) is 26.0 Å². The molecular weight excluding hydrogens is 396 g/mol. The zero-order valence-corrected chi connectivity index (χ0v) is 17.3. The van der Waals surface area contributed by atoms with Gasteiger partial charge in [-0.25, -0.2) is 9.80 Å². The van der Waals surface area contributed by atoms with Crippen LogP contribution in [0.5, 0.6) is 0 Å². The average molecular weight is 416 g/mol. The second-order valence-electron chi connectivity index (χ2n) is 7.18. The highest BCUT2D eigenvalue weighted by molar-refractivity contribution is 6.31. The summed E-state index contributed by atoms with van der Waals surface area (Å²) in [6, 6.07) is 15.7. The van der Waals surface area contributed by atoms with Gasteiger partial charge in [0.15, 0.2) is 0 Å². The molecule has 1 aliphatic rings. The Balaban J connectivity index is 1.60. The van der Waals surface area contributed by atoms with Gasteiger partial charge in [0, 0.05) is 5.56 Å². The molecule has 1 saturated heterocycles. The third kappa shape index (κ3) is 3.85. The van der Waals surface area contributed by atoms with Crippen LogP contribution >= 0.6 is 0 Å². The monoisotopic (exact) mass is 416 g/mol. The van der Waals surface area contributed by atoms with Crippen LogP contribution in [-0.4, -0.2) is 24.9 Å². The number of carbonyl (C=O) groups is 3. The number of aryl methyl sites for hydroxylation is 2. The van der Waals surface area contributed by atoms with E-state index >= 15 is 0 Å². The average Bonchev–Trinajstić information content (AvgIpc) is 3.35. The summed E-state index contributed by atoms with van der Waals surface area (Å²) in [6.07, 6.45) is 1.41. The van der Waals surface area contributed by atoms with Crippen LogP contribution in [0, 0.1) is 13.8 Å². The normalized spacial score (nSPS) is 14.8. The van der Waals surface area contributed by atoms with Gasteiger partial charge in [0.05, 0.1) is 18.4 Å². The number of benzene rings is 2. The molecular formula is C24H20N2O5. The highest BCUT2D eigenvalue weighted by Gasteiger charge is 2.34. The number of hydrogen-bond acceptors (Lipinski definition) is 5. The molecule has 1 aliphatic heterocycles. The van der Waals surface area contributed by atoms with E-state index in [9.17, 15) is 14.4 Å². The number of furan rings is 1. The molecule has 1 fully saturated rings. The Kier molecular flexibility index (Phi) is 5.17. The van der Waals surface area contributed by atoms with Crippen LogP contribution in [0.15, 0.2) is 64.6 Å². The van der Waals surface area contributed by atoms with Crippen molar-refractivity contribution < 1.29 is 23.5 Å². The zero-order valence-electron chi connectivity index (χ0n) is 17.3. The molecule has 4 rings (SSSR count). The Morgan fingerprint density at radius 1 is 1.03 bits per heavy atom. The van der Waals surface area contributed by atoms with Gasteiger partial charge in [-0.3, -0.25) is 15.0 Å². The predicted molar refractivity (Wildman–Crippen MR) is 115 cm³/mol. The smallest absolute Gasteiger partial charge is 0.337 e. The number of ether oxygens (including phenoxy) is 1. The Morgan fingerprint density at radius 2 is 1.84 bits per heavy atom. The largest absolute Gasteiger partial charge is 0.465 e. The van der Waals surface area contributed by atoms with Gasteiger partial charge in [0.25, 0.3) is 11.8 Å². The molecule has 7 heteroatoms. The molecule has 0 radical (unpaired) electrons. The van der Waals surface area contributed by atoms with E-state index in [2.05, 4.69) is 5.43 Å². The fourth-order valence-electron chi connectivity index (χ4n) is 3.25. The first-order valence-electron chi connectivity index (χ1n) is 9.60. The molecule has 1 N–H and O–H groups in total. The Morgan fingerprint density at radius 3 is 2.58 bits per heavy atom. The first-order valence-corrected chi connectivity index (χ1v) is 9.60. The van der Waals surface area contributed by atoms with E-state index in [0.717, 1.165) is 11.1 Å². The lowest BCUT2D eigenvalue weighted by molar-refractivity contribution is -0.117. The van der Waals surface area contributed by atoms with Crippen molar-refractivity contribution in [2.45, 2.75) is 13.8 Å². The van der Waals surface area contributed by atoms with Crippen molar-refractivity contribution in [3.8, 4) is 11.3 Å². The van der Waals surface area contributed by atoms with Crippen LogP contribution in [0.4, 0.5) is 5.69 Å². The van der Waals surface area contributed by atoms with Gasteiger partial charge in [0.2, 0.25) is 0 Å². The molecule has 0 spiro atoms. The first kappa shape index (κ1) is 20.2. The number of anilines is 1. The Bertz CT molecular complexity index is 1240. The first-order chi connectivity index (χ1) is 14.9. The standard InChI is InChI=1S/C24H20N2O5/c1-14-7-8-18(11-15(14)2)26-23(28)20(22(27)25-26)13-19-9-10-21(31-19)16-5-4-6-17(12-16)24(29)30-3/h4-13H,1-3H3,(H,25,27). The number of esters is 1. The van der Waals surface area contributed by atoms with E-state index in [4.69, 9.17) is 9.15 Å². The maximum Gasteiger partial charge on any atom is 0.337 e. The van der Waals surface area contributed by atoms with Gasteiger partial charge in [-0.15, -0.1) is 0 Å². The summed E-state index contributed by atoms with van der Waals surface area (Å²) in [5.74, 6) is -0.573. The summed E-state index contributed by atoms with van der Waals surface area (Å²) >= 11 is 0. The highest BCUT2D eigenvalue weighted by Crippen LogP contribution is 2.27. The fraction of sp³-hybridized carbons (Fsp3) is 0.125. The number of methoxy groups -OCH3 is 1. The van der Waals surface area contributed by atoms with Gasteiger partial charge in [-0.05, 0) is 67.4 Å². The maximum absolute atomic E-state index is 12.8. The number of carbonyl (C=O) groups excluding carboxylic acids is 3. The van der Waals surface area contributed by atoms with E-state index < -0.39 is 17.8 Å². The van der Waals surface area contributed by atoms with Crippen LogP contribution in [-0.2, 0) is 14.3 Å². The summed E-state index contributed by atoms with van der Waals surface area (Å²) in [6.45, 7) is 3.92. The van der Waals surface area contributed by atoms with Crippen LogP contribution < -0.4 is 10.4 Å². The molecule has 0 unspecified atom stereocenters. The van der Waals surface area contributed by atoms with Gasteiger partial charge in [0.1, 0.15) is 17.1 Å². The van der Waals surface area contributed by atoms with Crippen molar-refractivity contribution in [2.24, 2.45) is 0 Å². The van der Waals surface area contributed by atoms with Crippen molar-refractivity contribution in [3.63, 3.8) is 0 Å². The van der Waals surface area contributed by atoms with Crippen LogP contribution in [0.25, 0.3) is 17.4 Å². The number of amides is 2. The van der Waals surface area contributed by atoms with Crippen molar-refractivity contribution in [2.75, 3.05) is 12.1 Å². The summed E-state index contributed by atoms with van der Waals surface area (Å²) < 4.78 is 10.5. The minimum atomic E-state index is -0.506. The molecule has 1 aromatic heterocycles. The third-order valence-electron chi connectivity index (χ3n) is 5.12. The highest BCUT2D eigenvalue weighted by atomic mass is 16.5. The lowest BCUT2D eigenvalue weighted by Crippen LogP contribution is -2.35. The molecule has 0 bridgehead atoms. The second-order valence-corrected chi connectivity index (χ2v) is 7.18. The van der Waals surface area contributed by atoms with Crippen LogP contribution in [0.3, 0.4) is 0 Å². The van der Waals surface area contributed by atoms with E-state index in [-0.39, 0.29) is 5.57 Å². The number of nitrogens with zero attached hydrogens (tertiary/aromatic N) is 1. The molecule has 156 valence electrons. The molecule has 2 aromatic carbocycles. The summed E-state index contributed by atoms with van der Waals surface area (Å²) in [7, 11) is 1.32. The lowest BCUT2D eigenvalue weighted by Gasteiger charge is -2.15. The lowest BCUT2D eigenvalue weighted by atomic mass is 10.1. The van der Waals surface area contributed by atoms with Gasteiger partial charge < -0.3 is 9.15 Å². The molecule has 2 amide bonds. The SMILES string of the molecule is COC(=O)c1cccc(-c2ccc(C=C3C(=O)NN(c4ccc(C)c(C)c4)C3=O)o2)c1. The molecule has 3 aromatic rings. The van der Waals surface area contributed by atoms with Crippen molar-refractivity contribution in [1.29, 1.82) is 0 Å². The fourth-order valence-corrected chi connectivity index (χ4v) is 3.25. The Labute approximate surface area is 178 Å². The molecule has 0 saturated carbocycles. The van der Waals surface area contributed by atoms with E-state index in [0.29, 0.717) is 28.3 Å². The quantitative estimate of drug-likeness (QED) is 0.397. The van der Waals surface area contributed by atoms with Gasteiger partial charge >= 0.3 is 5.97 Å². The number of hydrogen-bond donors (Lipinski definition) is 1. The molecule has 7 nitrogen and oxygen atoms in total.